The van der Waals surface area contributed by atoms with E-state index in [1.807, 2.05) is 20.8 Å². The zero-order valence-corrected chi connectivity index (χ0v) is 18.2. The molecule has 5 nitrogen and oxygen atoms in total. The fraction of sp³-hybridized carbons (Fsp3) is 0.917. The molecule has 5 heteroatoms. The van der Waals surface area contributed by atoms with Crippen molar-refractivity contribution in [1.82, 2.24) is 0 Å². The first kappa shape index (κ1) is 19.8. The Bertz CT molecular complexity index is 660. The van der Waals surface area contributed by atoms with Crippen molar-refractivity contribution in [2.45, 2.75) is 78.2 Å². The summed E-state index contributed by atoms with van der Waals surface area (Å²) in [6, 6.07) is 0. The van der Waals surface area contributed by atoms with Gasteiger partial charge in [0.25, 0.3) is 0 Å². The molecule has 162 valence electrons. The van der Waals surface area contributed by atoms with Gasteiger partial charge in [0.1, 0.15) is 6.10 Å². The molecule has 0 amide bonds. The standard InChI is InChI=1S/C24H36O5/c1-23(2,3)22(26)29-20-8-14-6-18(20)19(7-14)21(25)28-13-27-12-24-9-15-4-16(10-24)17(5-15)11-24/h14-20H,4-13H2,1-3H3. The third-order valence-electron chi connectivity index (χ3n) is 8.67. The van der Waals surface area contributed by atoms with Crippen LogP contribution in [0.25, 0.3) is 0 Å². The lowest BCUT2D eigenvalue weighted by atomic mass is 9.70. The Morgan fingerprint density at radius 3 is 2.28 bits per heavy atom. The topological polar surface area (TPSA) is 61.8 Å². The van der Waals surface area contributed by atoms with Gasteiger partial charge in [0.2, 0.25) is 0 Å². The van der Waals surface area contributed by atoms with Gasteiger partial charge in [0.05, 0.1) is 17.9 Å². The zero-order valence-electron chi connectivity index (χ0n) is 18.2. The highest BCUT2D eigenvalue weighted by Crippen LogP contribution is 2.64. The number of hydrogen-bond acceptors (Lipinski definition) is 5. The molecular weight excluding hydrogens is 368 g/mol. The van der Waals surface area contributed by atoms with Crippen molar-refractivity contribution in [2.75, 3.05) is 13.4 Å². The molecule has 6 unspecified atom stereocenters. The number of hydrogen-bond donors (Lipinski definition) is 0. The zero-order chi connectivity index (χ0) is 20.4. The predicted molar refractivity (Wildman–Crippen MR) is 107 cm³/mol. The average Bonchev–Trinajstić information content (AvgIpc) is 3.36. The van der Waals surface area contributed by atoms with Crippen LogP contribution in [0.1, 0.15) is 72.1 Å². The van der Waals surface area contributed by atoms with Crippen LogP contribution in [0, 0.1) is 46.3 Å². The summed E-state index contributed by atoms with van der Waals surface area (Å²) in [6.07, 6.45) is 9.39. The largest absolute Gasteiger partial charge is 0.462 e. The van der Waals surface area contributed by atoms with E-state index >= 15 is 0 Å². The van der Waals surface area contributed by atoms with E-state index in [-0.39, 0.29) is 36.7 Å². The van der Waals surface area contributed by atoms with Crippen molar-refractivity contribution in [3.8, 4) is 0 Å². The molecule has 6 saturated carbocycles. The molecule has 0 saturated heterocycles. The van der Waals surface area contributed by atoms with Gasteiger partial charge in [0, 0.05) is 5.92 Å². The number of carbonyl (C=O) groups excluding carboxylic acids is 2. The summed E-state index contributed by atoms with van der Waals surface area (Å²) in [7, 11) is 0. The first-order chi connectivity index (χ1) is 13.7. The lowest BCUT2D eigenvalue weighted by Gasteiger charge is -2.38. The Hall–Kier alpha value is -1.10. The number of carbonyl (C=O) groups is 2. The molecule has 6 aliphatic carbocycles. The second-order valence-electron chi connectivity index (χ2n) is 11.9. The van der Waals surface area contributed by atoms with Crippen LogP contribution in [0.2, 0.25) is 0 Å². The van der Waals surface area contributed by atoms with Crippen molar-refractivity contribution >= 4 is 11.9 Å². The molecule has 0 radical (unpaired) electrons. The molecule has 0 aromatic rings. The van der Waals surface area contributed by atoms with E-state index in [1.54, 1.807) is 0 Å². The van der Waals surface area contributed by atoms with Crippen molar-refractivity contribution in [2.24, 2.45) is 46.3 Å². The fourth-order valence-electron chi connectivity index (χ4n) is 7.63. The van der Waals surface area contributed by atoms with Crippen LogP contribution in [-0.2, 0) is 23.8 Å². The van der Waals surface area contributed by atoms with Crippen LogP contribution < -0.4 is 0 Å². The minimum Gasteiger partial charge on any atom is -0.462 e. The van der Waals surface area contributed by atoms with Gasteiger partial charge in [-0.05, 0) is 101 Å². The number of fused-ring (bicyclic) bond motifs is 2. The summed E-state index contributed by atoms with van der Waals surface area (Å²) in [6.45, 7) is 6.42. The van der Waals surface area contributed by atoms with Gasteiger partial charge in [-0.2, -0.15) is 0 Å². The number of rotatable bonds is 6. The summed E-state index contributed by atoms with van der Waals surface area (Å²) >= 11 is 0. The summed E-state index contributed by atoms with van der Waals surface area (Å²) in [5.41, 5.74) is -0.147. The van der Waals surface area contributed by atoms with Gasteiger partial charge in [0.15, 0.2) is 6.79 Å². The Morgan fingerprint density at radius 1 is 0.931 bits per heavy atom. The summed E-state index contributed by atoms with van der Waals surface area (Å²) in [5, 5.41) is 0. The number of esters is 2. The molecular formula is C24H36O5. The molecule has 6 rings (SSSR count). The average molecular weight is 405 g/mol. The van der Waals surface area contributed by atoms with Crippen LogP contribution >= 0.6 is 0 Å². The van der Waals surface area contributed by atoms with E-state index < -0.39 is 5.41 Å². The lowest BCUT2D eigenvalue weighted by molar-refractivity contribution is -0.174. The quantitative estimate of drug-likeness (QED) is 0.374. The molecule has 0 aliphatic heterocycles. The van der Waals surface area contributed by atoms with E-state index in [9.17, 15) is 9.59 Å². The Labute approximate surface area is 174 Å². The predicted octanol–water partition coefficient (Wildman–Crippen LogP) is 4.33. The maximum atomic E-state index is 12.7. The van der Waals surface area contributed by atoms with Gasteiger partial charge in [-0.3, -0.25) is 9.59 Å². The van der Waals surface area contributed by atoms with Crippen LogP contribution in [-0.4, -0.2) is 31.4 Å². The molecule has 0 N–H and O–H groups in total. The maximum Gasteiger partial charge on any atom is 0.311 e. The van der Waals surface area contributed by atoms with Crippen molar-refractivity contribution < 1.29 is 23.8 Å². The first-order valence-electron chi connectivity index (χ1n) is 11.7. The smallest absolute Gasteiger partial charge is 0.311 e. The van der Waals surface area contributed by atoms with Crippen LogP contribution in [0.15, 0.2) is 0 Å². The van der Waals surface area contributed by atoms with Gasteiger partial charge in [-0.15, -0.1) is 0 Å². The molecule has 29 heavy (non-hydrogen) atoms. The fourth-order valence-corrected chi connectivity index (χ4v) is 7.63. The van der Waals surface area contributed by atoms with Crippen molar-refractivity contribution in [3.63, 3.8) is 0 Å². The van der Waals surface area contributed by atoms with Crippen LogP contribution in [0.3, 0.4) is 0 Å². The first-order valence-corrected chi connectivity index (χ1v) is 11.7. The van der Waals surface area contributed by atoms with Crippen molar-refractivity contribution in [3.05, 3.63) is 0 Å². The lowest BCUT2D eigenvalue weighted by Crippen LogP contribution is -2.37. The second kappa shape index (κ2) is 6.96. The third kappa shape index (κ3) is 3.62. The minimum atomic E-state index is -0.510. The molecule has 0 heterocycles. The van der Waals surface area contributed by atoms with E-state index in [0.717, 1.165) is 43.6 Å². The van der Waals surface area contributed by atoms with Crippen molar-refractivity contribution in [1.29, 1.82) is 0 Å². The van der Waals surface area contributed by atoms with Gasteiger partial charge >= 0.3 is 11.9 Å². The van der Waals surface area contributed by atoms with E-state index in [0.29, 0.717) is 11.3 Å². The van der Waals surface area contributed by atoms with Gasteiger partial charge < -0.3 is 14.2 Å². The third-order valence-corrected chi connectivity index (χ3v) is 8.67. The molecule has 6 aliphatic rings. The van der Waals surface area contributed by atoms with Crippen LogP contribution in [0.4, 0.5) is 0 Å². The highest BCUT2D eigenvalue weighted by Gasteiger charge is 2.56. The molecule has 6 fully saturated rings. The highest BCUT2D eigenvalue weighted by atomic mass is 16.7. The molecule has 6 atom stereocenters. The van der Waals surface area contributed by atoms with E-state index in [1.165, 1.54) is 32.1 Å². The second-order valence-corrected chi connectivity index (χ2v) is 11.9. The number of ether oxygens (including phenoxy) is 3. The SMILES string of the molecule is CC(C)(C)C(=O)OC1CC2CC(C(=O)OCOCC34CC5CC(C3)C(C5)C4)C1C2. The van der Waals surface area contributed by atoms with E-state index in [2.05, 4.69) is 0 Å². The van der Waals surface area contributed by atoms with Gasteiger partial charge in [-0.25, -0.2) is 0 Å². The highest BCUT2D eigenvalue weighted by molar-refractivity contribution is 5.76. The van der Waals surface area contributed by atoms with Gasteiger partial charge in [-0.1, -0.05) is 0 Å². The normalized spacial score (nSPS) is 44.4. The summed E-state index contributed by atoms with van der Waals surface area (Å²) in [5.74, 6) is 2.88. The Morgan fingerprint density at radius 2 is 1.66 bits per heavy atom. The van der Waals surface area contributed by atoms with Crippen LogP contribution in [0.5, 0.6) is 0 Å². The Balaban J connectivity index is 1.08. The summed E-state index contributed by atoms with van der Waals surface area (Å²) in [4.78, 5) is 25.0. The maximum absolute atomic E-state index is 12.7. The Kier molecular flexibility index (Phi) is 4.76. The monoisotopic (exact) mass is 404 g/mol. The molecule has 0 spiro atoms. The minimum absolute atomic E-state index is 0.0704. The molecule has 6 bridgehead atoms. The van der Waals surface area contributed by atoms with E-state index in [4.69, 9.17) is 14.2 Å². The molecule has 0 aromatic carbocycles. The molecule has 0 aromatic heterocycles. The summed E-state index contributed by atoms with van der Waals surface area (Å²) < 4.78 is 17.2.